The van der Waals surface area contributed by atoms with Gasteiger partial charge in [-0.3, -0.25) is 0 Å². The van der Waals surface area contributed by atoms with Gasteiger partial charge in [-0.1, -0.05) is 54.6 Å². The molecule has 18 heavy (non-hydrogen) atoms. The zero-order valence-corrected chi connectivity index (χ0v) is 10.8. The molecule has 1 fully saturated rings. The average molecular weight is 237 g/mol. The van der Waals surface area contributed by atoms with Crippen molar-refractivity contribution in [1.29, 1.82) is 0 Å². The van der Waals surface area contributed by atoms with E-state index in [1.165, 1.54) is 16.7 Å². The number of hydrogen-bond donors (Lipinski definition) is 1. The molecule has 0 unspecified atom stereocenters. The Bertz CT molecular complexity index is 526. The molecule has 1 aliphatic heterocycles. The van der Waals surface area contributed by atoms with E-state index in [1.807, 2.05) is 0 Å². The molecule has 0 spiro atoms. The third kappa shape index (κ3) is 1.95. The van der Waals surface area contributed by atoms with Gasteiger partial charge < -0.3 is 5.32 Å². The lowest BCUT2D eigenvalue weighted by Crippen LogP contribution is -2.58. The van der Waals surface area contributed by atoms with Crippen molar-refractivity contribution < 1.29 is 0 Å². The molecular formula is C17H19N. The first-order valence-electron chi connectivity index (χ1n) is 6.61. The van der Waals surface area contributed by atoms with Crippen LogP contribution in [0.1, 0.15) is 16.7 Å². The van der Waals surface area contributed by atoms with Gasteiger partial charge in [0.1, 0.15) is 0 Å². The lowest BCUT2D eigenvalue weighted by Gasteiger charge is -2.44. The molecule has 0 amide bonds. The van der Waals surface area contributed by atoms with Crippen LogP contribution in [0.2, 0.25) is 0 Å². The molecule has 0 atom stereocenters. The Labute approximate surface area is 109 Å². The normalized spacial score (nSPS) is 17.2. The highest BCUT2D eigenvalue weighted by Gasteiger charge is 2.39. The molecule has 2 aromatic rings. The minimum Gasteiger partial charge on any atom is -0.315 e. The monoisotopic (exact) mass is 237 g/mol. The van der Waals surface area contributed by atoms with Gasteiger partial charge in [0.25, 0.3) is 0 Å². The maximum absolute atomic E-state index is 3.45. The van der Waals surface area contributed by atoms with Gasteiger partial charge in [0.05, 0.1) is 0 Å². The van der Waals surface area contributed by atoms with Crippen LogP contribution in [0, 0.1) is 6.92 Å². The number of hydrogen-bond acceptors (Lipinski definition) is 1. The van der Waals surface area contributed by atoms with Gasteiger partial charge in [0.2, 0.25) is 0 Å². The van der Waals surface area contributed by atoms with Crippen LogP contribution < -0.4 is 5.32 Å². The second kappa shape index (κ2) is 4.58. The minimum atomic E-state index is 0.298. The van der Waals surface area contributed by atoms with Crippen molar-refractivity contribution in [3.63, 3.8) is 0 Å². The number of rotatable bonds is 3. The summed E-state index contributed by atoms with van der Waals surface area (Å²) in [4.78, 5) is 0. The maximum Gasteiger partial charge on any atom is 0.0245 e. The quantitative estimate of drug-likeness (QED) is 0.865. The second-order valence-corrected chi connectivity index (χ2v) is 5.36. The van der Waals surface area contributed by atoms with Crippen molar-refractivity contribution in [3.05, 3.63) is 71.3 Å². The fourth-order valence-corrected chi connectivity index (χ4v) is 2.99. The van der Waals surface area contributed by atoms with Gasteiger partial charge in [-0.15, -0.1) is 0 Å². The Balaban J connectivity index is 1.94. The van der Waals surface area contributed by atoms with E-state index in [-0.39, 0.29) is 0 Å². The Hall–Kier alpha value is -1.60. The topological polar surface area (TPSA) is 12.0 Å². The highest BCUT2D eigenvalue weighted by atomic mass is 15.0. The van der Waals surface area contributed by atoms with E-state index in [0.717, 1.165) is 19.5 Å². The van der Waals surface area contributed by atoms with Gasteiger partial charge in [-0.25, -0.2) is 0 Å². The molecule has 1 nitrogen and oxygen atoms in total. The van der Waals surface area contributed by atoms with E-state index in [1.54, 1.807) is 0 Å². The van der Waals surface area contributed by atoms with E-state index in [2.05, 4.69) is 66.8 Å². The second-order valence-electron chi connectivity index (χ2n) is 5.36. The molecule has 0 aliphatic carbocycles. The zero-order valence-electron chi connectivity index (χ0n) is 10.8. The molecule has 1 saturated heterocycles. The van der Waals surface area contributed by atoms with Crippen LogP contribution in [-0.2, 0) is 11.8 Å². The van der Waals surface area contributed by atoms with Crippen LogP contribution in [0.5, 0.6) is 0 Å². The smallest absolute Gasteiger partial charge is 0.0245 e. The first-order valence-corrected chi connectivity index (χ1v) is 6.61. The van der Waals surface area contributed by atoms with E-state index < -0.39 is 0 Å². The molecule has 1 N–H and O–H groups in total. The van der Waals surface area contributed by atoms with Crippen molar-refractivity contribution in [3.8, 4) is 0 Å². The summed E-state index contributed by atoms with van der Waals surface area (Å²) < 4.78 is 0. The summed E-state index contributed by atoms with van der Waals surface area (Å²) in [5, 5.41) is 3.45. The number of nitrogens with one attached hydrogen (secondary N) is 1. The van der Waals surface area contributed by atoms with Crippen LogP contribution in [0.4, 0.5) is 0 Å². The van der Waals surface area contributed by atoms with Crippen molar-refractivity contribution in [2.45, 2.75) is 18.8 Å². The average Bonchev–Trinajstić information content (AvgIpc) is 2.36. The molecule has 1 heterocycles. The van der Waals surface area contributed by atoms with Gasteiger partial charge in [-0.2, -0.15) is 0 Å². The van der Waals surface area contributed by atoms with Gasteiger partial charge in [-0.05, 0) is 30.0 Å². The molecule has 0 radical (unpaired) electrons. The molecule has 1 aliphatic rings. The maximum atomic E-state index is 3.45. The molecule has 3 rings (SSSR count). The molecule has 0 bridgehead atoms. The lowest BCUT2D eigenvalue weighted by atomic mass is 9.69. The largest absolute Gasteiger partial charge is 0.315 e. The molecule has 0 saturated carbocycles. The van der Waals surface area contributed by atoms with Gasteiger partial charge in [0.15, 0.2) is 0 Å². The third-order valence-electron chi connectivity index (χ3n) is 4.03. The Morgan fingerprint density at radius 1 is 0.944 bits per heavy atom. The Morgan fingerprint density at radius 3 is 2.22 bits per heavy atom. The van der Waals surface area contributed by atoms with Crippen LogP contribution >= 0.6 is 0 Å². The summed E-state index contributed by atoms with van der Waals surface area (Å²) in [6.45, 7) is 4.40. The Kier molecular flexibility index (Phi) is 2.92. The third-order valence-corrected chi connectivity index (χ3v) is 4.03. The zero-order chi connectivity index (χ0) is 12.4. The van der Waals surface area contributed by atoms with E-state index >= 15 is 0 Å². The van der Waals surface area contributed by atoms with Gasteiger partial charge in [0, 0.05) is 18.5 Å². The number of aryl methyl sites for hydroxylation is 1. The van der Waals surface area contributed by atoms with E-state index in [0.29, 0.717) is 5.41 Å². The van der Waals surface area contributed by atoms with Crippen LogP contribution in [0.25, 0.3) is 0 Å². The SMILES string of the molecule is Cc1ccccc1C1(Cc2ccccc2)CNC1. The molecule has 1 heteroatoms. The molecule has 2 aromatic carbocycles. The van der Waals surface area contributed by atoms with Crippen LogP contribution in [0.3, 0.4) is 0 Å². The van der Waals surface area contributed by atoms with Crippen molar-refractivity contribution >= 4 is 0 Å². The summed E-state index contributed by atoms with van der Waals surface area (Å²) in [6.07, 6.45) is 1.13. The predicted octanol–water partition coefficient (Wildman–Crippen LogP) is 3.08. The standard InChI is InChI=1S/C17H19N/c1-14-7-5-6-10-16(14)17(12-18-13-17)11-15-8-3-2-4-9-15/h2-10,18H,11-13H2,1H3. The molecule has 0 aromatic heterocycles. The van der Waals surface area contributed by atoms with Crippen molar-refractivity contribution in [2.24, 2.45) is 0 Å². The highest BCUT2D eigenvalue weighted by molar-refractivity contribution is 5.38. The minimum absolute atomic E-state index is 0.298. The summed E-state index contributed by atoms with van der Waals surface area (Å²) in [5.41, 5.74) is 4.65. The van der Waals surface area contributed by atoms with E-state index in [9.17, 15) is 0 Å². The molecule has 92 valence electrons. The van der Waals surface area contributed by atoms with E-state index in [4.69, 9.17) is 0 Å². The first-order chi connectivity index (χ1) is 8.80. The molecular weight excluding hydrogens is 218 g/mol. The van der Waals surface area contributed by atoms with Crippen LogP contribution in [0.15, 0.2) is 54.6 Å². The fraction of sp³-hybridized carbons (Fsp3) is 0.294. The fourth-order valence-electron chi connectivity index (χ4n) is 2.99. The van der Waals surface area contributed by atoms with Gasteiger partial charge >= 0.3 is 0 Å². The summed E-state index contributed by atoms with van der Waals surface area (Å²) in [6, 6.07) is 19.6. The first kappa shape index (κ1) is 11.5. The van der Waals surface area contributed by atoms with Crippen molar-refractivity contribution in [2.75, 3.05) is 13.1 Å². The predicted molar refractivity (Wildman–Crippen MR) is 75.9 cm³/mol. The Morgan fingerprint density at radius 2 is 1.61 bits per heavy atom. The van der Waals surface area contributed by atoms with Crippen LogP contribution in [-0.4, -0.2) is 13.1 Å². The summed E-state index contributed by atoms with van der Waals surface area (Å²) in [7, 11) is 0. The summed E-state index contributed by atoms with van der Waals surface area (Å²) >= 11 is 0. The highest BCUT2D eigenvalue weighted by Crippen LogP contribution is 2.34. The van der Waals surface area contributed by atoms with Crippen molar-refractivity contribution in [1.82, 2.24) is 5.32 Å². The lowest BCUT2D eigenvalue weighted by molar-refractivity contribution is 0.273. The number of benzene rings is 2. The summed E-state index contributed by atoms with van der Waals surface area (Å²) in [5.74, 6) is 0.